The summed E-state index contributed by atoms with van der Waals surface area (Å²) < 4.78 is 0. The van der Waals surface area contributed by atoms with Crippen LogP contribution in [0.4, 0.5) is 0 Å². The molecule has 0 aromatic heterocycles. The zero-order valence-electron chi connectivity index (χ0n) is 13.2. The van der Waals surface area contributed by atoms with Crippen molar-refractivity contribution in [2.24, 2.45) is 11.8 Å². The number of piperidine rings is 1. The molecule has 0 radical (unpaired) electrons. The predicted molar refractivity (Wildman–Crippen MR) is 80.8 cm³/mol. The number of hydrogen-bond acceptors (Lipinski definition) is 3. The Kier molecular flexibility index (Phi) is 5.08. The Bertz CT molecular complexity index is 347. The number of carboxylic acid groups (broad SMARTS) is 1. The molecule has 4 unspecified atom stereocenters. The first-order valence-corrected chi connectivity index (χ1v) is 8.12. The third-order valence-electron chi connectivity index (χ3n) is 5.67. The van der Waals surface area contributed by atoms with E-state index >= 15 is 0 Å². The molecule has 0 aromatic rings. The topological polar surface area (TPSA) is 52.6 Å². The van der Waals surface area contributed by atoms with Gasteiger partial charge in [-0.1, -0.05) is 19.3 Å². The molecule has 1 saturated carbocycles. The first-order chi connectivity index (χ1) is 9.46. The number of likely N-dealkylation sites (N-methyl/N-ethyl adjacent to an activating group) is 1. The number of rotatable bonds is 5. The van der Waals surface area contributed by atoms with Gasteiger partial charge in [-0.05, 0) is 58.5 Å². The van der Waals surface area contributed by atoms with E-state index in [0.717, 1.165) is 18.4 Å². The SMILES string of the molecule is CNC(C)(CC(C)N1CCC2CCCCC2C1)C(=O)O. The van der Waals surface area contributed by atoms with Gasteiger partial charge in [-0.2, -0.15) is 0 Å². The van der Waals surface area contributed by atoms with Crippen molar-refractivity contribution in [2.45, 2.75) is 64.0 Å². The van der Waals surface area contributed by atoms with Crippen LogP contribution in [0, 0.1) is 11.8 Å². The summed E-state index contributed by atoms with van der Waals surface area (Å²) in [6, 6.07) is 0.325. The molecular formula is C16H30N2O2. The van der Waals surface area contributed by atoms with Crippen LogP contribution >= 0.6 is 0 Å². The van der Waals surface area contributed by atoms with Gasteiger partial charge < -0.3 is 15.3 Å². The van der Waals surface area contributed by atoms with Gasteiger partial charge in [-0.15, -0.1) is 0 Å². The van der Waals surface area contributed by atoms with E-state index in [1.165, 1.54) is 38.6 Å². The molecule has 4 heteroatoms. The highest BCUT2D eigenvalue weighted by Gasteiger charge is 2.37. The maximum atomic E-state index is 11.4. The van der Waals surface area contributed by atoms with Crippen molar-refractivity contribution in [2.75, 3.05) is 20.1 Å². The number of nitrogens with one attached hydrogen (secondary N) is 1. The van der Waals surface area contributed by atoms with Crippen molar-refractivity contribution in [3.63, 3.8) is 0 Å². The van der Waals surface area contributed by atoms with Crippen molar-refractivity contribution >= 4 is 5.97 Å². The molecular weight excluding hydrogens is 252 g/mol. The molecule has 1 heterocycles. The quantitative estimate of drug-likeness (QED) is 0.812. The van der Waals surface area contributed by atoms with Crippen LogP contribution in [0.15, 0.2) is 0 Å². The smallest absolute Gasteiger partial charge is 0.323 e. The highest BCUT2D eigenvalue weighted by Crippen LogP contribution is 2.37. The summed E-state index contributed by atoms with van der Waals surface area (Å²) in [7, 11) is 1.74. The van der Waals surface area contributed by atoms with Crippen LogP contribution in [-0.2, 0) is 4.79 Å². The number of carbonyl (C=O) groups is 1. The fraction of sp³-hybridized carbons (Fsp3) is 0.938. The molecule has 2 fully saturated rings. The second-order valence-corrected chi connectivity index (χ2v) is 7.03. The third kappa shape index (κ3) is 3.34. The van der Waals surface area contributed by atoms with E-state index in [-0.39, 0.29) is 0 Å². The third-order valence-corrected chi connectivity index (χ3v) is 5.67. The summed E-state index contributed by atoms with van der Waals surface area (Å²) in [5, 5.41) is 12.4. The largest absolute Gasteiger partial charge is 0.480 e. The number of hydrogen-bond donors (Lipinski definition) is 2. The van der Waals surface area contributed by atoms with Crippen LogP contribution in [0.2, 0.25) is 0 Å². The van der Waals surface area contributed by atoms with Crippen molar-refractivity contribution in [3.05, 3.63) is 0 Å². The van der Waals surface area contributed by atoms with Gasteiger partial charge in [0.2, 0.25) is 0 Å². The molecule has 4 nitrogen and oxygen atoms in total. The lowest BCUT2D eigenvalue weighted by Crippen LogP contribution is -2.54. The predicted octanol–water partition coefficient (Wildman–Crippen LogP) is 2.34. The Labute approximate surface area is 122 Å². The van der Waals surface area contributed by atoms with Crippen molar-refractivity contribution in [1.29, 1.82) is 0 Å². The molecule has 1 saturated heterocycles. The van der Waals surface area contributed by atoms with Gasteiger partial charge in [0.05, 0.1) is 0 Å². The molecule has 0 bridgehead atoms. The van der Waals surface area contributed by atoms with Gasteiger partial charge >= 0.3 is 5.97 Å². The number of carboxylic acids is 1. The Balaban J connectivity index is 1.92. The Morgan fingerprint density at radius 2 is 2.00 bits per heavy atom. The van der Waals surface area contributed by atoms with Crippen molar-refractivity contribution in [3.8, 4) is 0 Å². The van der Waals surface area contributed by atoms with Crippen LogP contribution < -0.4 is 5.32 Å². The van der Waals surface area contributed by atoms with E-state index in [2.05, 4.69) is 17.1 Å². The lowest BCUT2D eigenvalue weighted by Gasteiger charge is -2.44. The van der Waals surface area contributed by atoms with E-state index in [9.17, 15) is 9.90 Å². The summed E-state index contributed by atoms with van der Waals surface area (Å²) >= 11 is 0. The fourth-order valence-electron chi connectivity index (χ4n) is 4.05. The minimum Gasteiger partial charge on any atom is -0.480 e. The average molecular weight is 282 g/mol. The molecule has 2 rings (SSSR count). The van der Waals surface area contributed by atoms with E-state index < -0.39 is 11.5 Å². The maximum absolute atomic E-state index is 11.4. The zero-order chi connectivity index (χ0) is 14.8. The van der Waals surface area contributed by atoms with Gasteiger partial charge in [0, 0.05) is 12.6 Å². The molecule has 0 aromatic carbocycles. The molecule has 0 spiro atoms. The summed E-state index contributed by atoms with van der Waals surface area (Å²) in [5.41, 5.74) is -0.817. The summed E-state index contributed by atoms with van der Waals surface area (Å²) in [5.74, 6) is 1.03. The fourth-order valence-corrected chi connectivity index (χ4v) is 4.05. The minimum absolute atomic E-state index is 0.325. The number of fused-ring (bicyclic) bond motifs is 1. The second-order valence-electron chi connectivity index (χ2n) is 7.03. The minimum atomic E-state index is -0.817. The molecule has 20 heavy (non-hydrogen) atoms. The van der Waals surface area contributed by atoms with Gasteiger partial charge in [0.15, 0.2) is 0 Å². The molecule has 4 atom stereocenters. The number of aliphatic carboxylic acids is 1. The summed E-state index contributed by atoms with van der Waals surface area (Å²) in [4.78, 5) is 13.9. The Morgan fingerprint density at radius 1 is 1.35 bits per heavy atom. The molecule has 116 valence electrons. The summed E-state index contributed by atoms with van der Waals surface area (Å²) in [6.45, 7) is 6.29. The maximum Gasteiger partial charge on any atom is 0.323 e. The first kappa shape index (κ1) is 15.8. The van der Waals surface area contributed by atoms with E-state index in [1.807, 2.05) is 0 Å². The van der Waals surface area contributed by atoms with Crippen molar-refractivity contribution in [1.82, 2.24) is 10.2 Å². The van der Waals surface area contributed by atoms with E-state index in [4.69, 9.17) is 0 Å². The highest BCUT2D eigenvalue weighted by molar-refractivity contribution is 5.78. The molecule has 0 amide bonds. The van der Waals surface area contributed by atoms with Crippen molar-refractivity contribution < 1.29 is 9.90 Å². The second kappa shape index (κ2) is 6.44. The molecule has 1 aliphatic carbocycles. The highest BCUT2D eigenvalue weighted by atomic mass is 16.4. The molecule has 2 aliphatic rings. The van der Waals surface area contributed by atoms with Gasteiger partial charge in [-0.3, -0.25) is 4.79 Å². The van der Waals surface area contributed by atoms with Crippen LogP contribution in [-0.4, -0.2) is 47.7 Å². The average Bonchev–Trinajstić information content (AvgIpc) is 2.46. The normalized spacial score (nSPS) is 32.1. The zero-order valence-corrected chi connectivity index (χ0v) is 13.2. The first-order valence-electron chi connectivity index (χ1n) is 8.12. The number of nitrogens with zero attached hydrogens (tertiary/aromatic N) is 1. The lowest BCUT2D eigenvalue weighted by atomic mass is 9.74. The monoisotopic (exact) mass is 282 g/mol. The van der Waals surface area contributed by atoms with Gasteiger partial charge in [0.1, 0.15) is 5.54 Å². The standard InChI is InChI=1S/C16H30N2O2/c1-12(10-16(2,17-3)15(19)20)18-9-8-13-6-4-5-7-14(13)11-18/h12-14,17H,4-11H2,1-3H3,(H,19,20). The summed E-state index contributed by atoms with van der Waals surface area (Å²) in [6.07, 6.45) is 7.54. The van der Waals surface area contributed by atoms with Gasteiger partial charge in [-0.25, -0.2) is 0 Å². The molecule has 2 N–H and O–H groups in total. The van der Waals surface area contributed by atoms with Gasteiger partial charge in [0.25, 0.3) is 0 Å². The number of likely N-dealkylation sites (tertiary alicyclic amines) is 1. The molecule has 1 aliphatic heterocycles. The van der Waals surface area contributed by atoms with Crippen LogP contribution in [0.3, 0.4) is 0 Å². The van der Waals surface area contributed by atoms with E-state index in [0.29, 0.717) is 12.5 Å². The van der Waals surface area contributed by atoms with Crippen LogP contribution in [0.5, 0.6) is 0 Å². The Morgan fingerprint density at radius 3 is 2.60 bits per heavy atom. The van der Waals surface area contributed by atoms with Crippen LogP contribution in [0.1, 0.15) is 52.4 Å². The Hall–Kier alpha value is -0.610. The van der Waals surface area contributed by atoms with Crippen LogP contribution in [0.25, 0.3) is 0 Å². The van der Waals surface area contributed by atoms with E-state index in [1.54, 1.807) is 14.0 Å². The lowest BCUT2D eigenvalue weighted by molar-refractivity contribution is -0.145.